The van der Waals surface area contributed by atoms with Gasteiger partial charge in [-0.05, 0) is 49.6 Å². The van der Waals surface area contributed by atoms with Gasteiger partial charge in [0.15, 0.2) is 0 Å². The van der Waals surface area contributed by atoms with E-state index in [-0.39, 0.29) is 21.1 Å². The van der Waals surface area contributed by atoms with Gasteiger partial charge in [0.2, 0.25) is 0 Å². The minimum atomic E-state index is -4.68. The monoisotopic (exact) mass is 515 g/mol. The summed E-state index contributed by atoms with van der Waals surface area (Å²) < 4.78 is 83.7. The largest absolute Gasteiger partial charge is 0.277 e. The fraction of sp³-hybridized carbons (Fsp3) is 0.192. The zero-order valence-electron chi connectivity index (χ0n) is 18.8. The minimum Gasteiger partial charge on any atom is -0.204 e. The smallest absolute Gasteiger partial charge is 0.204 e. The highest BCUT2D eigenvalue weighted by molar-refractivity contribution is 8.04. The maximum absolute atomic E-state index is 14.2. The molecule has 35 heavy (non-hydrogen) atoms. The molecule has 0 amide bonds. The Balaban J connectivity index is 2.05. The van der Waals surface area contributed by atoms with E-state index in [1.807, 2.05) is 6.92 Å². The lowest BCUT2D eigenvalue weighted by Gasteiger charge is -2.25. The molecule has 0 aromatic heterocycles. The summed E-state index contributed by atoms with van der Waals surface area (Å²) >= 11 is 0. The molecule has 0 atom stereocenters. The van der Waals surface area contributed by atoms with Crippen LogP contribution in [0.25, 0.3) is 5.57 Å². The number of aryl methyl sites for hydroxylation is 1. The predicted molar refractivity (Wildman–Crippen MR) is 129 cm³/mol. The molecule has 1 aliphatic rings. The molecule has 4 rings (SSSR count). The van der Waals surface area contributed by atoms with Gasteiger partial charge < -0.3 is 0 Å². The van der Waals surface area contributed by atoms with Crippen LogP contribution in [0.15, 0.2) is 106 Å². The molecular formula is C26H23F2NO4S2. The molecule has 3 aromatic rings. The number of allylic oxidation sites excluding steroid dienone is 1. The number of hydrogen-bond donors (Lipinski definition) is 0. The standard InChI is InChI=1S/C26H23F2NO4S2/c1-19-12-14-20(15-13-19)24(26(27)28)18-25(21-16-17-21)29(34(30,31)22-8-4-2-5-9-22)35(32,33)23-10-6-3-7-11-23/h2-15,21,26H,16-17H2,1H3. The van der Waals surface area contributed by atoms with Crippen LogP contribution < -0.4 is 0 Å². The summed E-state index contributed by atoms with van der Waals surface area (Å²) in [5, 5.41) is 0. The maximum Gasteiger partial charge on any atom is 0.277 e. The Morgan fingerprint density at radius 2 is 1.26 bits per heavy atom. The van der Waals surface area contributed by atoms with Crippen molar-refractivity contribution >= 4 is 25.6 Å². The Bertz CT molecular complexity index is 1410. The Labute approximate surface area is 204 Å². The van der Waals surface area contributed by atoms with Gasteiger partial charge in [-0.15, -0.1) is 0 Å². The molecule has 0 N–H and O–H groups in total. The van der Waals surface area contributed by atoms with Crippen molar-refractivity contribution in [1.29, 1.82) is 0 Å². The molecule has 1 fully saturated rings. The third-order valence-corrected chi connectivity index (χ3v) is 9.70. The second kappa shape index (κ2) is 9.77. The number of hydrogen-bond acceptors (Lipinski definition) is 4. The highest BCUT2D eigenvalue weighted by Gasteiger charge is 2.44. The lowest BCUT2D eigenvalue weighted by atomic mass is 10.0. The summed E-state index contributed by atoms with van der Waals surface area (Å²) in [5.74, 6) is -0.550. The molecule has 0 spiro atoms. The van der Waals surface area contributed by atoms with Crippen LogP contribution in [-0.2, 0) is 20.0 Å². The molecule has 0 saturated heterocycles. The maximum atomic E-state index is 14.2. The SMILES string of the molecule is Cc1ccc(C(=C=C(C2CC2)N(S(=O)(=O)c2ccccc2)S(=O)(=O)c2ccccc2)C(F)F)cc1. The molecule has 0 aliphatic heterocycles. The quantitative estimate of drug-likeness (QED) is 0.365. The van der Waals surface area contributed by atoms with Crippen LogP contribution in [0.3, 0.4) is 0 Å². The molecule has 0 radical (unpaired) electrons. The van der Waals surface area contributed by atoms with E-state index < -0.39 is 38.0 Å². The average molecular weight is 516 g/mol. The fourth-order valence-electron chi connectivity index (χ4n) is 3.54. The summed E-state index contributed by atoms with van der Waals surface area (Å²) in [6.45, 7) is 1.81. The zero-order valence-corrected chi connectivity index (χ0v) is 20.4. The Hall–Kier alpha value is -3.26. The van der Waals surface area contributed by atoms with Crippen LogP contribution in [-0.4, -0.2) is 27.0 Å². The van der Waals surface area contributed by atoms with Gasteiger partial charge in [0.05, 0.1) is 21.1 Å². The van der Waals surface area contributed by atoms with Gasteiger partial charge in [0.25, 0.3) is 26.5 Å². The first-order chi connectivity index (χ1) is 16.6. The molecule has 9 heteroatoms. The third-order valence-electron chi connectivity index (χ3n) is 5.52. The first kappa shape index (κ1) is 24.9. The van der Waals surface area contributed by atoms with E-state index in [1.54, 1.807) is 24.3 Å². The van der Waals surface area contributed by atoms with Gasteiger partial charge in [0.1, 0.15) is 0 Å². The van der Waals surface area contributed by atoms with Crippen LogP contribution >= 0.6 is 0 Å². The van der Waals surface area contributed by atoms with E-state index in [0.717, 1.165) is 5.56 Å². The van der Waals surface area contributed by atoms with Crippen molar-refractivity contribution in [2.24, 2.45) is 5.92 Å². The highest BCUT2D eigenvalue weighted by Crippen LogP contribution is 2.43. The topological polar surface area (TPSA) is 71.5 Å². The van der Waals surface area contributed by atoms with Crippen LogP contribution in [0.4, 0.5) is 8.78 Å². The summed E-state index contributed by atoms with van der Waals surface area (Å²) in [5.41, 5.74) is 2.67. The zero-order chi connectivity index (χ0) is 25.2. The molecule has 0 heterocycles. The molecule has 0 unspecified atom stereocenters. The molecule has 1 aliphatic carbocycles. The Morgan fingerprint density at radius 3 is 1.66 bits per heavy atom. The second-order valence-corrected chi connectivity index (χ2v) is 12.0. The van der Waals surface area contributed by atoms with Gasteiger partial charge in [0, 0.05) is 5.92 Å². The number of benzene rings is 3. The van der Waals surface area contributed by atoms with Crippen molar-refractivity contribution in [1.82, 2.24) is 3.71 Å². The first-order valence-electron chi connectivity index (χ1n) is 10.9. The Kier molecular flexibility index (Phi) is 6.94. The molecule has 0 bridgehead atoms. The highest BCUT2D eigenvalue weighted by atomic mass is 32.3. The van der Waals surface area contributed by atoms with E-state index in [2.05, 4.69) is 5.73 Å². The molecule has 1 saturated carbocycles. The van der Waals surface area contributed by atoms with Crippen LogP contribution in [0.5, 0.6) is 0 Å². The number of sulfonamides is 2. The molecule has 5 nitrogen and oxygen atoms in total. The fourth-order valence-corrected chi connectivity index (χ4v) is 7.38. The van der Waals surface area contributed by atoms with Crippen molar-refractivity contribution in [3.8, 4) is 0 Å². The second-order valence-electron chi connectivity index (χ2n) is 8.20. The van der Waals surface area contributed by atoms with Crippen molar-refractivity contribution < 1.29 is 25.6 Å². The van der Waals surface area contributed by atoms with Crippen molar-refractivity contribution in [2.45, 2.75) is 36.0 Å². The van der Waals surface area contributed by atoms with E-state index in [9.17, 15) is 25.6 Å². The van der Waals surface area contributed by atoms with E-state index in [4.69, 9.17) is 0 Å². The van der Waals surface area contributed by atoms with Gasteiger partial charge in [-0.25, -0.2) is 25.6 Å². The van der Waals surface area contributed by atoms with Crippen molar-refractivity contribution in [2.75, 3.05) is 0 Å². The number of nitrogens with zero attached hydrogens (tertiary/aromatic N) is 1. The van der Waals surface area contributed by atoms with Crippen molar-refractivity contribution in [3.05, 3.63) is 107 Å². The van der Waals surface area contributed by atoms with E-state index in [1.165, 1.54) is 60.7 Å². The number of rotatable bonds is 8. The number of halogens is 2. The van der Waals surface area contributed by atoms with Gasteiger partial charge in [-0.2, -0.15) is 3.71 Å². The molecule has 182 valence electrons. The van der Waals surface area contributed by atoms with Gasteiger partial charge in [-0.3, -0.25) is 0 Å². The summed E-state index contributed by atoms with van der Waals surface area (Å²) in [4.78, 5) is -0.540. The predicted octanol–water partition coefficient (Wildman–Crippen LogP) is 5.62. The summed E-state index contributed by atoms with van der Waals surface area (Å²) in [7, 11) is -9.37. The Morgan fingerprint density at radius 1 is 0.800 bits per heavy atom. The normalized spacial score (nSPS) is 13.8. The lowest BCUT2D eigenvalue weighted by Crippen LogP contribution is -2.37. The van der Waals surface area contributed by atoms with E-state index in [0.29, 0.717) is 16.6 Å². The first-order valence-corrected chi connectivity index (χ1v) is 13.8. The van der Waals surface area contributed by atoms with Crippen LogP contribution in [0.2, 0.25) is 0 Å². The van der Waals surface area contributed by atoms with Crippen LogP contribution in [0, 0.1) is 12.8 Å². The lowest BCUT2D eigenvalue weighted by molar-refractivity contribution is 0.215. The molecule has 3 aromatic carbocycles. The van der Waals surface area contributed by atoms with Gasteiger partial charge >= 0.3 is 0 Å². The number of alkyl halides is 2. The summed E-state index contributed by atoms with van der Waals surface area (Å²) in [6, 6.07) is 20.4. The molecular weight excluding hydrogens is 492 g/mol. The van der Waals surface area contributed by atoms with Gasteiger partial charge in [-0.1, -0.05) is 72.0 Å². The summed E-state index contributed by atoms with van der Waals surface area (Å²) in [6.07, 6.45) is -2.09. The third kappa shape index (κ3) is 5.22. The minimum absolute atomic E-state index is 0.137. The van der Waals surface area contributed by atoms with E-state index >= 15 is 0 Å². The average Bonchev–Trinajstić information content (AvgIpc) is 3.68. The van der Waals surface area contributed by atoms with Crippen molar-refractivity contribution in [3.63, 3.8) is 0 Å². The van der Waals surface area contributed by atoms with Crippen LogP contribution in [0.1, 0.15) is 24.0 Å².